The summed E-state index contributed by atoms with van der Waals surface area (Å²) in [5.41, 5.74) is 8.65. The third kappa shape index (κ3) is 2.57. The number of amides is 1. The first-order valence-corrected chi connectivity index (χ1v) is 8.30. The number of rotatable bonds is 4. The molecule has 1 aliphatic heterocycles. The molecule has 4 rings (SSSR count). The first kappa shape index (κ1) is 14.9. The van der Waals surface area contributed by atoms with Crippen LogP contribution in [0.5, 0.6) is 0 Å². The van der Waals surface area contributed by atoms with Crippen molar-refractivity contribution in [1.82, 2.24) is 15.1 Å². The summed E-state index contributed by atoms with van der Waals surface area (Å²) in [6, 6.07) is 14.2. The van der Waals surface area contributed by atoms with Crippen molar-refractivity contribution in [1.29, 1.82) is 0 Å². The van der Waals surface area contributed by atoms with Crippen LogP contribution in [0.25, 0.3) is 10.8 Å². The number of benzene rings is 2. The van der Waals surface area contributed by atoms with Crippen LogP contribution in [0.2, 0.25) is 0 Å². The highest BCUT2D eigenvalue weighted by molar-refractivity contribution is 5.95. The van der Waals surface area contributed by atoms with Gasteiger partial charge in [-0.15, -0.1) is 0 Å². The van der Waals surface area contributed by atoms with Gasteiger partial charge in [-0.1, -0.05) is 36.4 Å². The highest BCUT2D eigenvalue weighted by Crippen LogP contribution is 2.22. The van der Waals surface area contributed by atoms with Crippen molar-refractivity contribution in [3.8, 4) is 0 Å². The molecule has 0 aliphatic carbocycles. The zero-order chi connectivity index (χ0) is 16.5. The van der Waals surface area contributed by atoms with Crippen LogP contribution in [0.3, 0.4) is 0 Å². The number of hydrogen-bond donors (Lipinski definition) is 2. The molecule has 0 fully saturated rings. The highest BCUT2D eigenvalue weighted by atomic mass is 16.1. The van der Waals surface area contributed by atoms with E-state index >= 15 is 0 Å². The summed E-state index contributed by atoms with van der Waals surface area (Å²) < 4.78 is 1.92. The maximum atomic E-state index is 12.7. The van der Waals surface area contributed by atoms with E-state index in [4.69, 9.17) is 5.73 Å². The number of aryl methyl sites for hydroxylation is 1. The van der Waals surface area contributed by atoms with E-state index in [9.17, 15) is 4.79 Å². The molecule has 5 heteroatoms. The number of hydrogen-bond acceptors (Lipinski definition) is 3. The minimum absolute atomic E-state index is 0.0956. The van der Waals surface area contributed by atoms with E-state index in [1.54, 1.807) is 6.20 Å². The minimum atomic E-state index is -0.209. The van der Waals surface area contributed by atoms with Gasteiger partial charge < -0.3 is 11.1 Å². The van der Waals surface area contributed by atoms with Gasteiger partial charge in [0, 0.05) is 13.1 Å². The number of carbonyl (C=O) groups excluding carboxylic acids is 1. The molecule has 122 valence electrons. The van der Waals surface area contributed by atoms with Gasteiger partial charge in [0.25, 0.3) is 5.91 Å². The molecule has 3 N–H and O–H groups in total. The first-order valence-electron chi connectivity index (χ1n) is 8.30. The van der Waals surface area contributed by atoms with Gasteiger partial charge in [0.2, 0.25) is 0 Å². The average molecular weight is 320 g/mol. The molecule has 1 amide bonds. The summed E-state index contributed by atoms with van der Waals surface area (Å²) in [5.74, 6) is -0.0956. The molecule has 0 saturated carbocycles. The lowest BCUT2D eigenvalue weighted by Gasteiger charge is -2.18. The Morgan fingerprint density at radius 3 is 2.92 bits per heavy atom. The Labute approximate surface area is 140 Å². The third-order valence-electron chi connectivity index (χ3n) is 4.69. The summed E-state index contributed by atoms with van der Waals surface area (Å²) in [6.07, 6.45) is 3.62. The SMILES string of the molecule is NCC(NC(=O)c1cnn2c1CCC2)c1ccc2ccccc2c1. The van der Waals surface area contributed by atoms with E-state index in [2.05, 4.69) is 34.7 Å². The molecule has 1 unspecified atom stereocenters. The Morgan fingerprint density at radius 1 is 1.25 bits per heavy atom. The summed E-state index contributed by atoms with van der Waals surface area (Å²) in [7, 11) is 0. The number of fused-ring (bicyclic) bond motifs is 2. The van der Waals surface area contributed by atoms with Crippen LogP contribution in [0.15, 0.2) is 48.7 Å². The van der Waals surface area contributed by atoms with Crippen molar-refractivity contribution in [2.24, 2.45) is 5.73 Å². The van der Waals surface area contributed by atoms with Gasteiger partial charge in [0.05, 0.1) is 23.5 Å². The quantitative estimate of drug-likeness (QED) is 0.775. The van der Waals surface area contributed by atoms with Crippen LogP contribution in [0.1, 0.15) is 34.1 Å². The Kier molecular flexibility index (Phi) is 3.78. The maximum absolute atomic E-state index is 12.7. The topological polar surface area (TPSA) is 72.9 Å². The molecule has 1 aromatic heterocycles. The number of nitrogens with two attached hydrogens (primary N) is 1. The molecule has 5 nitrogen and oxygen atoms in total. The van der Waals surface area contributed by atoms with Gasteiger partial charge in [-0.3, -0.25) is 9.48 Å². The van der Waals surface area contributed by atoms with E-state index in [1.807, 2.05) is 22.9 Å². The summed E-state index contributed by atoms with van der Waals surface area (Å²) in [4.78, 5) is 12.7. The molecule has 0 saturated heterocycles. The highest BCUT2D eigenvalue weighted by Gasteiger charge is 2.23. The molecule has 24 heavy (non-hydrogen) atoms. The lowest BCUT2D eigenvalue weighted by molar-refractivity contribution is 0.0937. The van der Waals surface area contributed by atoms with Crippen LogP contribution in [-0.2, 0) is 13.0 Å². The lowest BCUT2D eigenvalue weighted by Crippen LogP contribution is -2.33. The summed E-state index contributed by atoms with van der Waals surface area (Å²) >= 11 is 0. The standard InChI is InChI=1S/C19H20N4O/c20-11-17(15-8-7-13-4-1-2-5-14(13)10-15)22-19(24)16-12-21-23-9-3-6-18(16)23/h1-2,4-5,7-8,10,12,17H,3,6,9,11,20H2,(H,22,24). The zero-order valence-electron chi connectivity index (χ0n) is 13.4. The molecule has 1 aliphatic rings. The monoisotopic (exact) mass is 320 g/mol. The van der Waals surface area contributed by atoms with Crippen molar-refractivity contribution >= 4 is 16.7 Å². The van der Waals surface area contributed by atoms with Crippen LogP contribution < -0.4 is 11.1 Å². The van der Waals surface area contributed by atoms with E-state index in [1.165, 1.54) is 5.39 Å². The Balaban J connectivity index is 1.59. The smallest absolute Gasteiger partial charge is 0.255 e. The van der Waals surface area contributed by atoms with Crippen LogP contribution in [0, 0.1) is 0 Å². The summed E-state index contributed by atoms with van der Waals surface area (Å²) in [6.45, 7) is 1.25. The molecule has 0 radical (unpaired) electrons. The summed E-state index contributed by atoms with van der Waals surface area (Å²) in [5, 5.41) is 9.68. The minimum Gasteiger partial charge on any atom is -0.344 e. The Morgan fingerprint density at radius 2 is 2.08 bits per heavy atom. The molecular formula is C19H20N4O. The van der Waals surface area contributed by atoms with Crippen molar-refractivity contribution < 1.29 is 4.79 Å². The van der Waals surface area contributed by atoms with Crippen LogP contribution in [-0.4, -0.2) is 22.2 Å². The van der Waals surface area contributed by atoms with Gasteiger partial charge >= 0.3 is 0 Å². The fourth-order valence-corrected chi connectivity index (χ4v) is 3.39. The number of nitrogens with zero attached hydrogens (tertiary/aromatic N) is 2. The largest absolute Gasteiger partial charge is 0.344 e. The normalized spacial score (nSPS) is 14.5. The van der Waals surface area contributed by atoms with Gasteiger partial charge in [-0.2, -0.15) is 5.10 Å². The maximum Gasteiger partial charge on any atom is 0.255 e. The van der Waals surface area contributed by atoms with E-state index in [0.29, 0.717) is 12.1 Å². The van der Waals surface area contributed by atoms with Gasteiger partial charge in [-0.25, -0.2) is 0 Å². The fraction of sp³-hybridized carbons (Fsp3) is 0.263. The zero-order valence-corrected chi connectivity index (χ0v) is 13.4. The molecule has 0 bridgehead atoms. The lowest BCUT2D eigenvalue weighted by atomic mass is 10.0. The van der Waals surface area contributed by atoms with Crippen LogP contribution in [0.4, 0.5) is 0 Å². The second kappa shape index (κ2) is 6.09. The Hall–Kier alpha value is -2.66. The van der Waals surface area contributed by atoms with Gasteiger partial charge in [0.1, 0.15) is 0 Å². The van der Waals surface area contributed by atoms with Gasteiger partial charge in [-0.05, 0) is 35.2 Å². The third-order valence-corrected chi connectivity index (χ3v) is 4.69. The molecule has 2 aromatic carbocycles. The molecule has 2 heterocycles. The van der Waals surface area contributed by atoms with E-state index in [-0.39, 0.29) is 11.9 Å². The molecule has 1 atom stereocenters. The van der Waals surface area contributed by atoms with Crippen molar-refractivity contribution in [2.75, 3.05) is 6.54 Å². The second-order valence-corrected chi connectivity index (χ2v) is 6.20. The number of aromatic nitrogens is 2. The van der Waals surface area contributed by atoms with Crippen LogP contribution >= 0.6 is 0 Å². The van der Waals surface area contributed by atoms with Gasteiger partial charge in [0.15, 0.2) is 0 Å². The van der Waals surface area contributed by atoms with E-state index < -0.39 is 0 Å². The Bertz CT molecular complexity index is 899. The number of nitrogens with one attached hydrogen (secondary N) is 1. The predicted molar refractivity (Wildman–Crippen MR) is 93.8 cm³/mol. The second-order valence-electron chi connectivity index (χ2n) is 6.20. The van der Waals surface area contributed by atoms with Crippen molar-refractivity contribution in [2.45, 2.75) is 25.4 Å². The fourth-order valence-electron chi connectivity index (χ4n) is 3.39. The average Bonchev–Trinajstić information content (AvgIpc) is 3.22. The predicted octanol–water partition coefficient (Wildman–Crippen LogP) is 2.41. The van der Waals surface area contributed by atoms with E-state index in [0.717, 1.165) is 36.0 Å². The molecular weight excluding hydrogens is 300 g/mol. The molecule has 3 aromatic rings. The molecule has 0 spiro atoms. The van der Waals surface area contributed by atoms with Crippen molar-refractivity contribution in [3.05, 3.63) is 65.5 Å². The number of carbonyl (C=O) groups is 1. The first-order chi connectivity index (χ1) is 11.8. The van der Waals surface area contributed by atoms with Crippen molar-refractivity contribution in [3.63, 3.8) is 0 Å².